The van der Waals surface area contributed by atoms with Crippen LogP contribution in [0.15, 0.2) is 55.0 Å². The first-order chi connectivity index (χ1) is 23.4. The molecular weight excluding hydrogens is 636 g/mol. The van der Waals surface area contributed by atoms with Crippen molar-refractivity contribution in [1.82, 2.24) is 24.8 Å². The number of rotatable bonds is 10. The zero-order chi connectivity index (χ0) is 33.2. The number of aromatic nitrogens is 3. The van der Waals surface area contributed by atoms with Crippen molar-refractivity contribution >= 4 is 44.9 Å². The van der Waals surface area contributed by atoms with Gasteiger partial charge in [0.05, 0.1) is 12.3 Å². The first-order valence-electron chi connectivity index (χ1n) is 16.4. The second-order valence-corrected chi connectivity index (χ2v) is 13.2. The molecule has 1 saturated carbocycles. The molecule has 0 spiro atoms. The fraction of sp³-hybridized carbons (Fsp3) is 0.417. The number of piperidine rings is 1. The van der Waals surface area contributed by atoms with Crippen LogP contribution < -0.4 is 9.64 Å². The minimum absolute atomic E-state index is 0.0715. The van der Waals surface area contributed by atoms with Crippen LogP contribution in [0.1, 0.15) is 25.7 Å². The monoisotopic (exact) mass is 671 g/mol. The predicted molar refractivity (Wildman–Crippen MR) is 182 cm³/mol. The van der Waals surface area contributed by atoms with Crippen LogP contribution in [0.2, 0.25) is 5.02 Å². The maximum atomic E-state index is 16.7. The van der Waals surface area contributed by atoms with Crippen molar-refractivity contribution in [3.05, 3.63) is 77.3 Å². The van der Waals surface area contributed by atoms with E-state index in [2.05, 4.69) is 24.7 Å². The molecular formula is C36H36ClF2N7O2. The Bertz CT molecular complexity index is 1910. The van der Waals surface area contributed by atoms with Crippen LogP contribution in [-0.4, -0.2) is 95.3 Å². The molecule has 3 fully saturated rings. The first-order valence-corrected chi connectivity index (χ1v) is 16.8. The van der Waals surface area contributed by atoms with Crippen LogP contribution in [0.5, 0.6) is 5.88 Å². The summed E-state index contributed by atoms with van der Waals surface area (Å²) in [5.41, 5.74) is 1.28. The molecule has 2 saturated heterocycles. The molecule has 0 radical (unpaired) electrons. The number of carbonyl (C=O) groups excluding carboxylic acids is 1. The average Bonchev–Trinajstić information content (AvgIpc) is 3.73. The zero-order valence-corrected chi connectivity index (χ0v) is 27.3. The highest BCUT2D eigenvalue weighted by atomic mass is 35.5. The summed E-state index contributed by atoms with van der Waals surface area (Å²) in [4.78, 5) is 36.1. The quantitative estimate of drug-likeness (QED) is 0.110. The molecule has 3 aliphatic rings. The van der Waals surface area contributed by atoms with Gasteiger partial charge in [0.2, 0.25) is 18.3 Å². The Kier molecular flexibility index (Phi) is 9.37. The van der Waals surface area contributed by atoms with E-state index in [4.69, 9.17) is 22.9 Å². The van der Waals surface area contributed by atoms with Gasteiger partial charge in [0.25, 0.3) is 0 Å². The molecule has 4 aromatic rings. The lowest BCUT2D eigenvalue weighted by molar-refractivity contribution is -0.128. The third-order valence-corrected chi connectivity index (χ3v) is 10.2. The van der Waals surface area contributed by atoms with E-state index in [1.165, 1.54) is 31.4 Å². The standard InChI is InChI=1S/C36H36ClF2N7O2/c1-40-18-26-22-45(12-13-46(26)32(47)7-3-10-38)30-16-31(48-14-4-11-44-21-23-8-9-25(44)15-23)43-36-27(30)20-42-35(34(36)39)28-19-41-17-24-5-2-6-29(37)33(24)28/h2-3,5-7,16-17,19-20,23,25-26H,4,8-15,18,21-22H2/b7-3+/t23-,25+,26-/m0/s1. The van der Waals surface area contributed by atoms with Crippen molar-refractivity contribution in [2.24, 2.45) is 5.92 Å². The Morgan fingerprint density at radius 2 is 2.08 bits per heavy atom. The molecule has 3 aromatic heterocycles. The minimum Gasteiger partial charge on any atom is -0.478 e. The minimum atomic E-state index is -0.744. The van der Waals surface area contributed by atoms with Gasteiger partial charge in [-0.05, 0) is 43.7 Å². The van der Waals surface area contributed by atoms with Gasteiger partial charge in [0, 0.05) is 96.2 Å². The number of alkyl halides is 1. The lowest BCUT2D eigenvalue weighted by atomic mass is 10.0. The van der Waals surface area contributed by atoms with E-state index >= 15 is 4.39 Å². The molecule has 5 heterocycles. The summed E-state index contributed by atoms with van der Waals surface area (Å²) < 4.78 is 35.7. The number of hydrogen-bond acceptors (Lipinski definition) is 7. The summed E-state index contributed by atoms with van der Waals surface area (Å²) in [6, 6.07) is 7.46. The molecule has 12 heteroatoms. The van der Waals surface area contributed by atoms with Gasteiger partial charge >= 0.3 is 0 Å². The number of benzene rings is 1. The molecule has 248 valence electrons. The number of anilines is 1. The van der Waals surface area contributed by atoms with E-state index < -0.39 is 18.5 Å². The van der Waals surface area contributed by atoms with Crippen LogP contribution >= 0.6 is 11.6 Å². The molecule has 1 amide bonds. The molecule has 1 aliphatic carbocycles. The van der Waals surface area contributed by atoms with Gasteiger partial charge in [0.15, 0.2) is 5.82 Å². The molecule has 9 nitrogen and oxygen atoms in total. The van der Waals surface area contributed by atoms with Crippen molar-refractivity contribution in [3.63, 3.8) is 0 Å². The number of carbonyl (C=O) groups is 1. The highest BCUT2D eigenvalue weighted by molar-refractivity contribution is 6.36. The van der Waals surface area contributed by atoms with E-state index in [0.717, 1.165) is 30.8 Å². The van der Waals surface area contributed by atoms with Crippen LogP contribution in [-0.2, 0) is 4.79 Å². The van der Waals surface area contributed by atoms with Gasteiger partial charge in [-0.2, -0.15) is 0 Å². The summed E-state index contributed by atoms with van der Waals surface area (Å²) in [5, 5.41) is 2.35. The number of piperazine rings is 1. The number of pyridine rings is 3. The van der Waals surface area contributed by atoms with Crippen LogP contribution in [0.4, 0.5) is 14.5 Å². The van der Waals surface area contributed by atoms with Gasteiger partial charge in [-0.15, -0.1) is 0 Å². The Morgan fingerprint density at radius 3 is 2.88 bits per heavy atom. The summed E-state index contributed by atoms with van der Waals surface area (Å²) in [5.74, 6) is 0.150. The Labute approximate surface area is 283 Å². The average molecular weight is 672 g/mol. The fourth-order valence-electron chi connectivity index (χ4n) is 7.62. The van der Waals surface area contributed by atoms with Crippen molar-refractivity contribution in [1.29, 1.82) is 0 Å². The van der Waals surface area contributed by atoms with Gasteiger partial charge in [-0.3, -0.25) is 19.7 Å². The van der Waals surface area contributed by atoms with E-state index in [-0.39, 0.29) is 29.5 Å². The summed E-state index contributed by atoms with van der Waals surface area (Å²) in [6.07, 6.45) is 11.9. The van der Waals surface area contributed by atoms with E-state index in [9.17, 15) is 9.18 Å². The molecule has 2 bridgehead atoms. The Morgan fingerprint density at radius 1 is 1.19 bits per heavy atom. The number of amides is 1. The first kappa shape index (κ1) is 32.2. The number of hydrogen-bond donors (Lipinski definition) is 0. The molecule has 3 atom stereocenters. The number of likely N-dealkylation sites (tertiary alicyclic amines) is 1. The van der Waals surface area contributed by atoms with Gasteiger partial charge < -0.3 is 19.4 Å². The van der Waals surface area contributed by atoms with E-state index in [1.54, 1.807) is 35.6 Å². The normalized spacial score (nSPS) is 21.1. The smallest absolute Gasteiger partial charge is 0.246 e. The van der Waals surface area contributed by atoms with Gasteiger partial charge in [-0.25, -0.2) is 20.3 Å². The highest BCUT2D eigenvalue weighted by Crippen LogP contribution is 2.39. The van der Waals surface area contributed by atoms with Crippen LogP contribution in [0.25, 0.3) is 37.8 Å². The molecule has 2 aliphatic heterocycles. The number of nitrogens with zero attached hydrogens (tertiary/aromatic N) is 7. The number of ether oxygens (including phenoxy) is 1. The third kappa shape index (κ3) is 6.27. The Hall–Kier alpha value is -4.40. The fourth-order valence-corrected chi connectivity index (χ4v) is 7.90. The van der Waals surface area contributed by atoms with Crippen molar-refractivity contribution in [2.75, 3.05) is 57.4 Å². The molecule has 0 N–H and O–H groups in total. The van der Waals surface area contributed by atoms with E-state index in [0.29, 0.717) is 59.3 Å². The van der Waals surface area contributed by atoms with Crippen molar-refractivity contribution in [2.45, 2.75) is 37.8 Å². The van der Waals surface area contributed by atoms with Crippen LogP contribution in [0, 0.1) is 18.3 Å². The highest BCUT2D eigenvalue weighted by Gasteiger charge is 2.37. The third-order valence-electron chi connectivity index (χ3n) is 9.86. The Balaban J connectivity index is 1.23. The molecule has 0 unspecified atom stereocenters. The maximum Gasteiger partial charge on any atom is 0.246 e. The predicted octanol–water partition coefficient (Wildman–Crippen LogP) is 6.35. The van der Waals surface area contributed by atoms with Crippen molar-refractivity contribution < 1.29 is 18.3 Å². The SMILES string of the molecule is [C-]#[N+]C[C@H]1CN(c2cc(OCCCN3C[C@H]4CC[C@@H]3C4)nc3c(F)c(-c4cncc5cccc(Cl)c45)ncc23)CCN1C(=O)/C=C/CF. The summed E-state index contributed by atoms with van der Waals surface area (Å²) in [7, 11) is 0. The molecule has 48 heavy (non-hydrogen) atoms. The maximum absolute atomic E-state index is 16.7. The molecule has 7 rings (SSSR count). The topological polar surface area (TPSA) is 79.1 Å². The van der Waals surface area contributed by atoms with Crippen LogP contribution in [0.3, 0.4) is 0 Å². The zero-order valence-electron chi connectivity index (χ0n) is 26.5. The van der Waals surface area contributed by atoms with Gasteiger partial charge in [-0.1, -0.05) is 23.7 Å². The summed E-state index contributed by atoms with van der Waals surface area (Å²) in [6.45, 7) is 10.4. The van der Waals surface area contributed by atoms with Crippen molar-refractivity contribution in [3.8, 4) is 17.1 Å². The lowest BCUT2D eigenvalue weighted by Crippen LogP contribution is -2.56. The number of fused-ring (bicyclic) bond motifs is 4. The number of allylic oxidation sites excluding steroid dienone is 1. The summed E-state index contributed by atoms with van der Waals surface area (Å²) >= 11 is 6.58. The van der Waals surface area contributed by atoms with Gasteiger partial charge in [0.1, 0.15) is 23.9 Å². The largest absolute Gasteiger partial charge is 0.478 e. The second-order valence-electron chi connectivity index (χ2n) is 12.7. The molecule has 1 aromatic carbocycles. The van der Waals surface area contributed by atoms with E-state index in [1.807, 2.05) is 17.0 Å². The second kappa shape index (κ2) is 14.0. The lowest BCUT2D eigenvalue weighted by Gasteiger charge is -2.40. The number of halogens is 3.